The van der Waals surface area contributed by atoms with Crippen LogP contribution in [0.4, 0.5) is 4.39 Å². The van der Waals surface area contributed by atoms with Crippen molar-refractivity contribution in [1.29, 1.82) is 5.41 Å². The fourth-order valence-corrected chi connectivity index (χ4v) is 3.40. The molecule has 0 aliphatic heterocycles. The van der Waals surface area contributed by atoms with E-state index >= 15 is 0 Å². The highest BCUT2D eigenvalue weighted by Crippen LogP contribution is 2.26. The molecule has 3 aromatic rings. The summed E-state index contributed by atoms with van der Waals surface area (Å²) in [6, 6.07) is 22.0. The number of halogens is 1. The van der Waals surface area contributed by atoms with Gasteiger partial charge in [0.25, 0.3) is 0 Å². The highest BCUT2D eigenvalue weighted by molar-refractivity contribution is 6.17. The van der Waals surface area contributed by atoms with Crippen molar-refractivity contribution in [3.8, 4) is 16.9 Å². The number of benzene rings is 3. The highest BCUT2D eigenvalue weighted by atomic mass is 19.1. The lowest BCUT2D eigenvalue weighted by Crippen LogP contribution is -2.00. The van der Waals surface area contributed by atoms with Gasteiger partial charge in [-0.25, -0.2) is 0 Å². The summed E-state index contributed by atoms with van der Waals surface area (Å²) in [4.78, 5) is 0. The van der Waals surface area contributed by atoms with E-state index in [1.165, 1.54) is 0 Å². The van der Waals surface area contributed by atoms with Crippen LogP contribution in [0.5, 0.6) is 5.75 Å². The molecule has 0 heterocycles. The van der Waals surface area contributed by atoms with Gasteiger partial charge in [0, 0.05) is 6.20 Å². The lowest BCUT2D eigenvalue weighted by molar-refractivity contribution is 0.340. The number of hydrogen-bond donors (Lipinski definition) is 2. The molecule has 3 aromatic carbocycles. The van der Waals surface area contributed by atoms with Crippen molar-refractivity contribution >= 4 is 17.6 Å². The Bertz CT molecular complexity index is 1080. The van der Waals surface area contributed by atoms with Gasteiger partial charge in [-0.3, -0.25) is 5.41 Å². The van der Waals surface area contributed by atoms with Crippen molar-refractivity contribution in [1.82, 2.24) is 0 Å². The van der Waals surface area contributed by atoms with E-state index in [0.29, 0.717) is 18.6 Å². The third-order valence-electron chi connectivity index (χ3n) is 4.90. The summed E-state index contributed by atoms with van der Waals surface area (Å²) in [6.45, 7) is 6.50. The molecule has 0 unspecified atom stereocenters. The Kier molecular flexibility index (Phi) is 6.81. The van der Waals surface area contributed by atoms with Crippen molar-refractivity contribution in [2.75, 3.05) is 6.61 Å². The van der Waals surface area contributed by atoms with Crippen LogP contribution in [0.1, 0.15) is 29.2 Å². The van der Waals surface area contributed by atoms with Crippen LogP contribution in [-0.2, 0) is 6.42 Å². The summed E-state index contributed by atoms with van der Waals surface area (Å²) >= 11 is 0. The highest BCUT2D eigenvalue weighted by Gasteiger charge is 2.10. The SMILES string of the molecule is C=Cc1cc(/C(=C/N)C(=N)F)ccc1Cc1cccc(-c2ccc(OCC)cc2)c1. The monoisotopic (exact) mass is 400 g/mol. The first kappa shape index (κ1) is 21.1. The number of rotatable bonds is 8. The molecule has 30 heavy (non-hydrogen) atoms. The molecule has 0 fully saturated rings. The minimum atomic E-state index is -1.05. The third kappa shape index (κ3) is 4.84. The van der Waals surface area contributed by atoms with Gasteiger partial charge in [0.2, 0.25) is 5.97 Å². The maximum absolute atomic E-state index is 13.4. The van der Waals surface area contributed by atoms with E-state index in [1.54, 1.807) is 12.1 Å². The second kappa shape index (κ2) is 9.70. The minimum Gasteiger partial charge on any atom is -0.494 e. The van der Waals surface area contributed by atoms with Gasteiger partial charge in [0.15, 0.2) is 0 Å². The van der Waals surface area contributed by atoms with Gasteiger partial charge < -0.3 is 10.5 Å². The van der Waals surface area contributed by atoms with Crippen molar-refractivity contribution in [3.05, 3.63) is 102 Å². The van der Waals surface area contributed by atoms with Crippen molar-refractivity contribution < 1.29 is 9.13 Å². The van der Waals surface area contributed by atoms with Gasteiger partial charge in [0.1, 0.15) is 5.75 Å². The van der Waals surface area contributed by atoms with Gasteiger partial charge in [-0.2, -0.15) is 4.39 Å². The van der Waals surface area contributed by atoms with E-state index < -0.39 is 5.97 Å². The lowest BCUT2D eigenvalue weighted by atomic mass is 9.94. The minimum absolute atomic E-state index is 0.0714. The maximum atomic E-state index is 13.4. The molecule has 0 spiro atoms. The topological polar surface area (TPSA) is 59.1 Å². The fraction of sp³-hybridized carbons (Fsp3) is 0.115. The molecule has 0 amide bonds. The van der Waals surface area contributed by atoms with Gasteiger partial charge in [-0.1, -0.05) is 61.2 Å². The molecule has 4 heteroatoms. The van der Waals surface area contributed by atoms with E-state index in [-0.39, 0.29) is 5.57 Å². The first-order valence-corrected chi connectivity index (χ1v) is 9.80. The normalized spacial score (nSPS) is 11.2. The van der Waals surface area contributed by atoms with Crippen LogP contribution >= 0.6 is 0 Å². The Morgan fingerprint density at radius 2 is 1.83 bits per heavy atom. The zero-order valence-corrected chi connectivity index (χ0v) is 17.0. The van der Waals surface area contributed by atoms with E-state index in [1.807, 2.05) is 37.3 Å². The Morgan fingerprint density at radius 1 is 1.07 bits per heavy atom. The van der Waals surface area contributed by atoms with Crippen LogP contribution in [-0.4, -0.2) is 12.6 Å². The quantitative estimate of drug-likeness (QED) is 0.440. The largest absolute Gasteiger partial charge is 0.494 e. The molecule has 152 valence electrons. The Hall–Kier alpha value is -3.66. The van der Waals surface area contributed by atoms with Crippen molar-refractivity contribution in [2.45, 2.75) is 13.3 Å². The van der Waals surface area contributed by atoms with E-state index in [9.17, 15) is 4.39 Å². The van der Waals surface area contributed by atoms with Crippen LogP contribution in [0.3, 0.4) is 0 Å². The van der Waals surface area contributed by atoms with Gasteiger partial charge in [0.05, 0.1) is 12.2 Å². The van der Waals surface area contributed by atoms with Crippen LogP contribution in [0.15, 0.2) is 79.5 Å². The molecule has 0 saturated heterocycles. The third-order valence-corrected chi connectivity index (χ3v) is 4.90. The number of nitrogens with two attached hydrogens (primary N) is 1. The summed E-state index contributed by atoms with van der Waals surface area (Å²) in [5.41, 5.74) is 11.5. The first-order chi connectivity index (χ1) is 14.5. The average molecular weight is 400 g/mol. The zero-order valence-electron chi connectivity index (χ0n) is 17.0. The summed E-state index contributed by atoms with van der Waals surface area (Å²) in [7, 11) is 0. The predicted molar refractivity (Wildman–Crippen MR) is 123 cm³/mol. The van der Waals surface area contributed by atoms with Crippen LogP contribution < -0.4 is 10.5 Å². The number of hydrogen-bond acceptors (Lipinski definition) is 3. The van der Waals surface area contributed by atoms with Gasteiger partial charge in [-0.15, -0.1) is 0 Å². The molecule has 0 saturated carbocycles. The van der Waals surface area contributed by atoms with Crippen molar-refractivity contribution in [2.24, 2.45) is 5.73 Å². The van der Waals surface area contributed by atoms with E-state index in [4.69, 9.17) is 15.9 Å². The number of nitrogens with one attached hydrogen (secondary N) is 1. The Labute approximate surface area is 176 Å². The molecule has 0 aliphatic rings. The first-order valence-electron chi connectivity index (χ1n) is 9.80. The lowest BCUT2D eigenvalue weighted by Gasteiger charge is -2.11. The molecule has 0 aromatic heterocycles. The Balaban J connectivity index is 1.87. The molecule has 0 bridgehead atoms. The maximum Gasteiger partial charge on any atom is 0.214 e. The summed E-state index contributed by atoms with van der Waals surface area (Å²) in [6.07, 6.45) is 3.57. The van der Waals surface area contributed by atoms with Crippen molar-refractivity contribution in [3.63, 3.8) is 0 Å². The molecule has 0 atom stereocenters. The molecular formula is C26H25FN2O. The average Bonchev–Trinajstić information content (AvgIpc) is 2.76. The standard InChI is InChI=1S/C26H25FN2O/c1-3-19-16-23(25(17-28)26(27)29)9-8-22(19)15-18-6-5-7-21(14-18)20-10-12-24(13-11-20)30-4-2/h3,5-14,16-17,29H,1,4,15,28H2,2H3/b25-17-,29-26?. The number of allylic oxidation sites excluding steroid dienone is 1. The number of ether oxygens (including phenoxy) is 1. The second-order valence-electron chi connectivity index (χ2n) is 6.85. The van der Waals surface area contributed by atoms with E-state index in [2.05, 4.69) is 36.9 Å². The van der Waals surface area contributed by atoms with E-state index in [0.717, 1.165) is 39.8 Å². The molecule has 3 nitrogen and oxygen atoms in total. The predicted octanol–water partition coefficient (Wildman–Crippen LogP) is 6.23. The second-order valence-corrected chi connectivity index (χ2v) is 6.85. The molecule has 0 aliphatic carbocycles. The molecule has 3 N–H and O–H groups in total. The zero-order chi connectivity index (χ0) is 21.5. The van der Waals surface area contributed by atoms with Gasteiger partial charge >= 0.3 is 0 Å². The fourth-order valence-electron chi connectivity index (χ4n) is 3.40. The molecular weight excluding hydrogens is 375 g/mol. The smallest absolute Gasteiger partial charge is 0.214 e. The summed E-state index contributed by atoms with van der Waals surface area (Å²) in [5.74, 6) is -0.191. The van der Waals surface area contributed by atoms with Crippen LogP contribution in [0.2, 0.25) is 0 Å². The Morgan fingerprint density at radius 3 is 2.47 bits per heavy atom. The molecule has 0 radical (unpaired) electrons. The van der Waals surface area contributed by atoms with Gasteiger partial charge in [-0.05, 0) is 64.9 Å². The van der Waals surface area contributed by atoms with Crippen LogP contribution in [0.25, 0.3) is 22.8 Å². The van der Waals surface area contributed by atoms with Crippen LogP contribution in [0, 0.1) is 5.41 Å². The molecule has 3 rings (SSSR count). The summed E-state index contributed by atoms with van der Waals surface area (Å²) in [5, 5.41) is 7.24. The summed E-state index contributed by atoms with van der Waals surface area (Å²) < 4.78 is 18.9.